The summed E-state index contributed by atoms with van der Waals surface area (Å²) in [5.74, 6) is 0.462. The summed E-state index contributed by atoms with van der Waals surface area (Å²) in [5, 5.41) is 3.26. The third-order valence-electron chi connectivity index (χ3n) is 1.87. The molecular weight excluding hydrogens is 162 g/mol. The average molecular weight is 183 g/mol. The fraction of sp³-hybridized carbons (Fsp3) is 0.727. The number of carbonyl (C=O) groups excluding carboxylic acids is 1. The van der Waals surface area contributed by atoms with E-state index in [1.54, 1.807) is 6.92 Å². The van der Waals surface area contributed by atoms with E-state index >= 15 is 0 Å². The summed E-state index contributed by atoms with van der Waals surface area (Å²) in [6.07, 6.45) is 0. The molecule has 0 rings (SSSR count). The molecule has 76 valence electrons. The molecule has 0 spiro atoms. The lowest BCUT2D eigenvalue weighted by molar-refractivity contribution is -0.114. The summed E-state index contributed by atoms with van der Waals surface area (Å²) in [6.45, 7) is 11.8. The number of carbonyl (C=O) groups is 1. The topological polar surface area (TPSA) is 29.1 Å². The molecule has 1 N–H and O–H groups in total. The highest BCUT2D eigenvalue weighted by molar-refractivity contribution is 5.94. The monoisotopic (exact) mass is 183 g/mol. The first kappa shape index (κ1) is 12.2. The Balaban J connectivity index is 4.76. The van der Waals surface area contributed by atoms with Gasteiger partial charge in [-0.15, -0.1) is 0 Å². The van der Waals surface area contributed by atoms with Crippen LogP contribution in [0, 0.1) is 5.92 Å². The highest BCUT2D eigenvalue weighted by atomic mass is 16.1. The number of Topliss-reactive ketones (excluding diaryl/α,β-unsaturated/α-hetero) is 1. The van der Waals surface area contributed by atoms with Crippen LogP contribution in [0.25, 0.3) is 0 Å². The van der Waals surface area contributed by atoms with Crippen LogP contribution in [0.15, 0.2) is 11.3 Å². The molecule has 0 aliphatic heterocycles. The van der Waals surface area contributed by atoms with Crippen molar-refractivity contribution in [1.82, 2.24) is 5.32 Å². The van der Waals surface area contributed by atoms with Gasteiger partial charge in [0.1, 0.15) is 0 Å². The number of allylic oxidation sites excluding steroid dienone is 2. The maximum absolute atomic E-state index is 11.3. The van der Waals surface area contributed by atoms with Crippen molar-refractivity contribution in [3.8, 4) is 0 Å². The minimum atomic E-state index is 0.167. The van der Waals surface area contributed by atoms with Crippen LogP contribution in [0.1, 0.15) is 41.5 Å². The lowest BCUT2D eigenvalue weighted by Gasteiger charge is -2.17. The molecule has 0 saturated carbocycles. The molecule has 0 unspecified atom stereocenters. The average Bonchev–Trinajstić information content (AvgIpc) is 1.81. The van der Waals surface area contributed by atoms with E-state index in [1.807, 2.05) is 20.8 Å². The Hall–Kier alpha value is -0.790. The molecule has 0 aliphatic carbocycles. The van der Waals surface area contributed by atoms with Crippen LogP contribution >= 0.6 is 0 Å². The molecule has 13 heavy (non-hydrogen) atoms. The van der Waals surface area contributed by atoms with Crippen molar-refractivity contribution in [2.45, 2.75) is 47.6 Å². The van der Waals surface area contributed by atoms with Crippen LogP contribution in [0.2, 0.25) is 0 Å². The molecule has 0 aliphatic rings. The van der Waals surface area contributed by atoms with Gasteiger partial charge in [-0.2, -0.15) is 0 Å². The van der Waals surface area contributed by atoms with E-state index in [2.05, 4.69) is 19.2 Å². The summed E-state index contributed by atoms with van der Waals surface area (Å²) >= 11 is 0. The molecule has 0 heterocycles. The Labute approximate surface area is 81.4 Å². The second-order valence-electron chi connectivity index (χ2n) is 4.05. The second-order valence-corrected chi connectivity index (χ2v) is 4.05. The van der Waals surface area contributed by atoms with Gasteiger partial charge in [-0.1, -0.05) is 13.8 Å². The Morgan fingerprint density at radius 2 is 1.54 bits per heavy atom. The molecule has 0 aromatic heterocycles. The minimum absolute atomic E-state index is 0.167. The van der Waals surface area contributed by atoms with Crippen LogP contribution in [-0.2, 0) is 4.79 Å². The van der Waals surface area contributed by atoms with Crippen molar-refractivity contribution in [3.05, 3.63) is 11.3 Å². The molecule has 0 aromatic carbocycles. The van der Waals surface area contributed by atoms with Crippen molar-refractivity contribution in [2.24, 2.45) is 5.92 Å². The Kier molecular flexibility index (Phi) is 4.74. The maximum atomic E-state index is 11.3. The highest BCUT2D eigenvalue weighted by Gasteiger charge is 2.12. The minimum Gasteiger partial charge on any atom is -0.386 e. The van der Waals surface area contributed by atoms with E-state index in [1.165, 1.54) is 0 Å². The zero-order valence-electron chi connectivity index (χ0n) is 9.56. The van der Waals surface area contributed by atoms with E-state index < -0.39 is 0 Å². The summed E-state index contributed by atoms with van der Waals surface area (Å²) in [4.78, 5) is 11.3. The van der Waals surface area contributed by atoms with Crippen molar-refractivity contribution in [2.75, 3.05) is 0 Å². The van der Waals surface area contributed by atoms with Crippen molar-refractivity contribution in [3.63, 3.8) is 0 Å². The van der Waals surface area contributed by atoms with Crippen LogP contribution in [0.4, 0.5) is 0 Å². The van der Waals surface area contributed by atoms with Gasteiger partial charge in [-0.05, 0) is 33.6 Å². The van der Waals surface area contributed by atoms with E-state index in [0.29, 0.717) is 12.0 Å². The molecule has 2 heteroatoms. The molecule has 0 atom stereocenters. The Morgan fingerprint density at radius 1 is 1.08 bits per heavy atom. The summed E-state index contributed by atoms with van der Waals surface area (Å²) in [7, 11) is 0. The van der Waals surface area contributed by atoms with Crippen LogP contribution in [0.3, 0.4) is 0 Å². The molecule has 0 bridgehead atoms. The molecule has 0 amide bonds. The van der Waals surface area contributed by atoms with E-state index in [9.17, 15) is 4.79 Å². The number of hydrogen-bond donors (Lipinski definition) is 1. The lowest BCUT2D eigenvalue weighted by atomic mass is 9.97. The van der Waals surface area contributed by atoms with Gasteiger partial charge in [0.25, 0.3) is 0 Å². The lowest BCUT2D eigenvalue weighted by Crippen LogP contribution is -2.24. The van der Waals surface area contributed by atoms with Crippen LogP contribution in [0.5, 0.6) is 0 Å². The van der Waals surface area contributed by atoms with Gasteiger partial charge in [0.05, 0.1) is 0 Å². The Bertz CT molecular complexity index is 214. The van der Waals surface area contributed by atoms with Crippen molar-refractivity contribution < 1.29 is 4.79 Å². The number of hydrogen-bond acceptors (Lipinski definition) is 2. The normalized spacial score (nSPS) is 13.2. The third-order valence-corrected chi connectivity index (χ3v) is 1.87. The summed E-state index contributed by atoms with van der Waals surface area (Å²) in [5.41, 5.74) is 1.92. The second kappa shape index (κ2) is 5.05. The zero-order valence-corrected chi connectivity index (χ0v) is 9.56. The molecule has 2 nitrogen and oxygen atoms in total. The molecule has 0 aromatic rings. The first-order chi connectivity index (χ1) is 5.86. The van der Waals surface area contributed by atoms with E-state index in [-0.39, 0.29) is 5.78 Å². The Morgan fingerprint density at radius 3 is 1.77 bits per heavy atom. The SMILES string of the molecule is CC(=O)/C(=C(/C)NC(C)C)C(C)C. The smallest absolute Gasteiger partial charge is 0.157 e. The third kappa shape index (κ3) is 4.11. The highest BCUT2D eigenvalue weighted by Crippen LogP contribution is 2.14. The van der Waals surface area contributed by atoms with E-state index in [0.717, 1.165) is 11.3 Å². The fourth-order valence-corrected chi connectivity index (χ4v) is 1.61. The predicted molar refractivity (Wildman–Crippen MR) is 56.5 cm³/mol. The fourth-order valence-electron chi connectivity index (χ4n) is 1.61. The maximum Gasteiger partial charge on any atom is 0.157 e. The molecule has 0 saturated heterocycles. The first-order valence-corrected chi connectivity index (χ1v) is 4.84. The van der Waals surface area contributed by atoms with Gasteiger partial charge in [-0.25, -0.2) is 0 Å². The van der Waals surface area contributed by atoms with Crippen molar-refractivity contribution in [1.29, 1.82) is 0 Å². The van der Waals surface area contributed by atoms with Gasteiger partial charge in [-0.3, -0.25) is 4.79 Å². The van der Waals surface area contributed by atoms with Gasteiger partial charge in [0, 0.05) is 17.3 Å². The predicted octanol–water partition coefficient (Wildman–Crippen LogP) is 2.50. The van der Waals surface area contributed by atoms with Gasteiger partial charge in [0.2, 0.25) is 0 Å². The molecule has 0 radical (unpaired) electrons. The van der Waals surface area contributed by atoms with Gasteiger partial charge >= 0.3 is 0 Å². The van der Waals surface area contributed by atoms with Crippen molar-refractivity contribution >= 4 is 5.78 Å². The zero-order chi connectivity index (χ0) is 10.6. The molecule has 0 fully saturated rings. The summed E-state index contributed by atoms with van der Waals surface area (Å²) in [6, 6.07) is 0.382. The van der Waals surface area contributed by atoms with Gasteiger partial charge in [0.15, 0.2) is 5.78 Å². The summed E-state index contributed by atoms with van der Waals surface area (Å²) < 4.78 is 0. The number of ketones is 1. The first-order valence-electron chi connectivity index (χ1n) is 4.84. The van der Waals surface area contributed by atoms with E-state index in [4.69, 9.17) is 0 Å². The quantitative estimate of drug-likeness (QED) is 0.678. The number of nitrogens with one attached hydrogen (secondary N) is 1. The van der Waals surface area contributed by atoms with Crippen LogP contribution < -0.4 is 5.32 Å². The largest absolute Gasteiger partial charge is 0.386 e. The number of rotatable bonds is 4. The standard InChI is InChI=1S/C11H21NO/c1-7(2)11(10(6)13)9(5)12-8(3)4/h7-8,12H,1-6H3/b11-9-. The van der Waals surface area contributed by atoms with Gasteiger partial charge < -0.3 is 5.32 Å². The molecular formula is C11H21NO. The van der Waals surface area contributed by atoms with Crippen LogP contribution in [-0.4, -0.2) is 11.8 Å².